The van der Waals surface area contributed by atoms with Gasteiger partial charge in [-0.2, -0.15) is 0 Å². The van der Waals surface area contributed by atoms with Crippen molar-refractivity contribution in [3.8, 4) is 0 Å². The van der Waals surface area contributed by atoms with Gasteiger partial charge in [-0.05, 0) is 47.0 Å². The molecule has 1 fully saturated rings. The predicted molar refractivity (Wildman–Crippen MR) is 78.9 cm³/mol. The van der Waals surface area contributed by atoms with E-state index in [1.165, 1.54) is 12.8 Å². The van der Waals surface area contributed by atoms with Crippen LogP contribution in [0.5, 0.6) is 0 Å². The number of aromatic nitrogens is 2. The fraction of sp³-hybridized carbons (Fsp3) is 0.692. The standard InChI is InChI=1S/C13H21BrN4/c1-3-6-15-12-11(14)13(18-8-17-12)16-7-9(2)10-4-5-10/h8-10H,3-7H2,1-2H3,(H2,15,16,17,18). The van der Waals surface area contributed by atoms with E-state index in [1.54, 1.807) is 6.33 Å². The van der Waals surface area contributed by atoms with E-state index in [9.17, 15) is 0 Å². The fourth-order valence-corrected chi connectivity index (χ4v) is 2.43. The van der Waals surface area contributed by atoms with Crippen LogP contribution in [0.4, 0.5) is 11.6 Å². The van der Waals surface area contributed by atoms with Crippen molar-refractivity contribution >= 4 is 27.6 Å². The van der Waals surface area contributed by atoms with Crippen molar-refractivity contribution in [2.75, 3.05) is 23.7 Å². The topological polar surface area (TPSA) is 49.8 Å². The van der Waals surface area contributed by atoms with Gasteiger partial charge in [0.1, 0.15) is 22.4 Å². The Labute approximate surface area is 117 Å². The Morgan fingerprint density at radius 3 is 2.61 bits per heavy atom. The highest BCUT2D eigenvalue weighted by Gasteiger charge is 2.27. The minimum atomic E-state index is 0.721. The molecule has 0 aliphatic heterocycles. The highest BCUT2D eigenvalue weighted by molar-refractivity contribution is 9.10. The lowest BCUT2D eigenvalue weighted by Crippen LogP contribution is -2.15. The molecule has 0 radical (unpaired) electrons. The van der Waals surface area contributed by atoms with E-state index in [2.05, 4.69) is 50.4 Å². The zero-order valence-corrected chi connectivity index (χ0v) is 12.6. The van der Waals surface area contributed by atoms with Gasteiger partial charge in [0, 0.05) is 13.1 Å². The molecule has 1 aromatic rings. The number of halogens is 1. The first-order valence-electron chi connectivity index (χ1n) is 6.70. The molecule has 0 amide bonds. The fourth-order valence-electron chi connectivity index (χ4n) is 1.95. The van der Waals surface area contributed by atoms with E-state index in [0.29, 0.717) is 0 Å². The highest BCUT2D eigenvalue weighted by Crippen LogP contribution is 2.36. The van der Waals surface area contributed by atoms with Crippen molar-refractivity contribution in [1.29, 1.82) is 0 Å². The molecular weight excluding hydrogens is 292 g/mol. The Bertz CT molecular complexity index is 393. The van der Waals surface area contributed by atoms with Crippen LogP contribution in [-0.4, -0.2) is 23.1 Å². The molecule has 1 aliphatic carbocycles. The first-order chi connectivity index (χ1) is 8.72. The highest BCUT2D eigenvalue weighted by atomic mass is 79.9. The number of nitrogens with one attached hydrogen (secondary N) is 2. The Balaban J connectivity index is 1.94. The van der Waals surface area contributed by atoms with Crippen molar-refractivity contribution in [2.45, 2.75) is 33.1 Å². The third-order valence-electron chi connectivity index (χ3n) is 3.35. The molecule has 4 nitrogen and oxygen atoms in total. The summed E-state index contributed by atoms with van der Waals surface area (Å²) in [6, 6.07) is 0. The van der Waals surface area contributed by atoms with E-state index < -0.39 is 0 Å². The van der Waals surface area contributed by atoms with Gasteiger partial charge in [0.2, 0.25) is 0 Å². The Morgan fingerprint density at radius 1 is 1.33 bits per heavy atom. The Hall–Kier alpha value is -0.840. The third kappa shape index (κ3) is 3.57. The minimum absolute atomic E-state index is 0.721. The van der Waals surface area contributed by atoms with Crippen LogP contribution >= 0.6 is 15.9 Å². The molecule has 1 aliphatic rings. The summed E-state index contributed by atoms with van der Waals surface area (Å²) in [7, 11) is 0. The smallest absolute Gasteiger partial charge is 0.145 e. The second-order valence-electron chi connectivity index (χ2n) is 5.01. The van der Waals surface area contributed by atoms with Crippen LogP contribution in [-0.2, 0) is 0 Å². The molecule has 100 valence electrons. The monoisotopic (exact) mass is 312 g/mol. The molecule has 1 saturated carbocycles. The summed E-state index contributed by atoms with van der Waals surface area (Å²) in [5.41, 5.74) is 0. The maximum atomic E-state index is 4.29. The molecule has 0 bridgehead atoms. The van der Waals surface area contributed by atoms with Crippen molar-refractivity contribution in [3.05, 3.63) is 10.8 Å². The molecule has 1 aromatic heterocycles. The number of anilines is 2. The summed E-state index contributed by atoms with van der Waals surface area (Å²) in [4.78, 5) is 8.53. The molecule has 1 unspecified atom stereocenters. The third-order valence-corrected chi connectivity index (χ3v) is 4.10. The van der Waals surface area contributed by atoms with Gasteiger partial charge in [0.05, 0.1) is 0 Å². The van der Waals surface area contributed by atoms with Crippen molar-refractivity contribution in [3.63, 3.8) is 0 Å². The normalized spacial score (nSPS) is 16.4. The maximum absolute atomic E-state index is 4.29. The summed E-state index contributed by atoms with van der Waals surface area (Å²) in [5, 5.41) is 6.70. The lowest BCUT2D eigenvalue weighted by Gasteiger charge is -2.14. The summed E-state index contributed by atoms with van der Waals surface area (Å²) in [6.45, 7) is 6.34. The van der Waals surface area contributed by atoms with Crippen LogP contribution in [0.2, 0.25) is 0 Å². The van der Waals surface area contributed by atoms with Crippen LogP contribution in [0, 0.1) is 11.8 Å². The molecule has 0 aromatic carbocycles. The van der Waals surface area contributed by atoms with E-state index in [-0.39, 0.29) is 0 Å². The van der Waals surface area contributed by atoms with Gasteiger partial charge in [0.25, 0.3) is 0 Å². The van der Waals surface area contributed by atoms with Crippen molar-refractivity contribution in [1.82, 2.24) is 9.97 Å². The van der Waals surface area contributed by atoms with Crippen LogP contribution in [0.25, 0.3) is 0 Å². The second-order valence-corrected chi connectivity index (χ2v) is 5.80. The summed E-state index contributed by atoms with van der Waals surface area (Å²) in [6.07, 6.45) is 5.46. The van der Waals surface area contributed by atoms with Gasteiger partial charge in [-0.1, -0.05) is 13.8 Å². The van der Waals surface area contributed by atoms with E-state index in [0.717, 1.165) is 47.5 Å². The maximum Gasteiger partial charge on any atom is 0.145 e. The average Bonchev–Trinajstić information content (AvgIpc) is 3.20. The lowest BCUT2D eigenvalue weighted by atomic mass is 10.1. The predicted octanol–water partition coefficient (Wildman–Crippen LogP) is 3.52. The molecule has 0 saturated heterocycles. The van der Waals surface area contributed by atoms with E-state index in [4.69, 9.17) is 0 Å². The molecule has 1 atom stereocenters. The van der Waals surface area contributed by atoms with Gasteiger partial charge >= 0.3 is 0 Å². The van der Waals surface area contributed by atoms with Gasteiger partial charge < -0.3 is 10.6 Å². The zero-order chi connectivity index (χ0) is 13.0. The molecule has 5 heteroatoms. The van der Waals surface area contributed by atoms with Gasteiger partial charge in [-0.25, -0.2) is 9.97 Å². The van der Waals surface area contributed by atoms with Gasteiger partial charge in [-0.3, -0.25) is 0 Å². The lowest BCUT2D eigenvalue weighted by molar-refractivity contribution is 0.536. The minimum Gasteiger partial charge on any atom is -0.369 e. The summed E-state index contributed by atoms with van der Waals surface area (Å²) in [5.74, 6) is 3.39. The van der Waals surface area contributed by atoms with Gasteiger partial charge in [0.15, 0.2) is 0 Å². The molecule has 2 N–H and O–H groups in total. The largest absolute Gasteiger partial charge is 0.369 e. The summed E-state index contributed by atoms with van der Waals surface area (Å²) < 4.78 is 0.932. The van der Waals surface area contributed by atoms with Crippen LogP contribution in [0.15, 0.2) is 10.8 Å². The van der Waals surface area contributed by atoms with Crippen LogP contribution in [0.1, 0.15) is 33.1 Å². The number of rotatable bonds is 7. The first-order valence-corrected chi connectivity index (χ1v) is 7.50. The number of hydrogen-bond donors (Lipinski definition) is 2. The first kappa shape index (κ1) is 13.6. The van der Waals surface area contributed by atoms with Gasteiger partial charge in [-0.15, -0.1) is 0 Å². The second kappa shape index (κ2) is 6.36. The molecule has 18 heavy (non-hydrogen) atoms. The van der Waals surface area contributed by atoms with Crippen molar-refractivity contribution < 1.29 is 0 Å². The SMILES string of the molecule is CCCNc1ncnc(NCC(C)C2CC2)c1Br. The average molecular weight is 313 g/mol. The quantitative estimate of drug-likeness (QED) is 0.809. The summed E-state index contributed by atoms with van der Waals surface area (Å²) >= 11 is 3.56. The molecule has 1 heterocycles. The molecule has 0 spiro atoms. The Morgan fingerprint density at radius 2 is 2.00 bits per heavy atom. The Kier molecular flexibility index (Phi) is 4.80. The van der Waals surface area contributed by atoms with E-state index in [1.807, 2.05) is 0 Å². The number of hydrogen-bond acceptors (Lipinski definition) is 4. The van der Waals surface area contributed by atoms with E-state index >= 15 is 0 Å². The van der Waals surface area contributed by atoms with Crippen LogP contribution in [0.3, 0.4) is 0 Å². The number of nitrogens with zero attached hydrogens (tertiary/aromatic N) is 2. The zero-order valence-electron chi connectivity index (χ0n) is 11.0. The molecule has 2 rings (SSSR count). The molecular formula is C13H21BrN4. The van der Waals surface area contributed by atoms with Crippen molar-refractivity contribution in [2.24, 2.45) is 11.8 Å². The van der Waals surface area contributed by atoms with Crippen LogP contribution < -0.4 is 10.6 Å².